The largest absolute Gasteiger partial charge is 0.480 e. The summed E-state index contributed by atoms with van der Waals surface area (Å²) in [4.78, 5) is 47.9. The SMILES string of the molecule is CCCN(CCC)c1c([N+](=O)[O-])cc(S(N)(=O)=O)cc1[N+](=O)[O-].O=C(O)CNCP(=O)(O)O. The van der Waals surface area contributed by atoms with Gasteiger partial charge >= 0.3 is 24.9 Å². The lowest BCUT2D eigenvalue weighted by Gasteiger charge is -2.23. The molecule has 0 aliphatic heterocycles. The fraction of sp³-hybridized carbons (Fsp3) is 0.533. The highest BCUT2D eigenvalue weighted by molar-refractivity contribution is 7.89. The number of nitrogens with two attached hydrogens (primary N) is 1. The van der Waals surface area contributed by atoms with E-state index in [4.69, 9.17) is 20.0 Å². The Kier molecular flexibility index (Phi) is 12.1. The average Bonchev–Trinajstić information content (AvgIpc) is 2.65. The van der Waals surface area contributed by atoms with E-state index in [1.54, 1.807) is 0 Å². The fourth-order valence-electron chi connectivity index (χ4n) is 2.53. The zero-order valence-electron chi connectivity index (χ0n) is 17.8. The van der Waals surface area contributed by atoms with Gasteiger partial charge in [0.1, 0.15) is 0 Å². The van der Waals surface area contributed by atoms with Crippen LogP contribution in [0, 0.1) is 20.2 Å². The summed E-state index contributed by atoms with van der Waals surface area (Å²) in [7, 11) is -8.41. The van der Waals surface area contributed by atoms with Crippen molar-refractivity contribution in [1.82, 2.24) is 5.32 Å². The van der Waals surface area contributed by atoms with E-state index in [0.717, 1.165) is 12.1 Å². The van der Waals surface area contributed by atoms with Crippen molar-refractivity contribution in [3.8, 4) is 0 Å². The van der Waals surface area contributed by atoms with E-state index in [1.165, 1.54) is 4.90 Å². The van der Waals surface area contributed by atoms with E-state index < -0.39 is 62.5 Å². The van der Waals surface area contributed by atoms with Gasteiger partial charge in [-0.25, -0.2) is 13.6 Å². The molecule has 0 amide bonds. The standard InChI is InChI=1S/C12H18N4O6S.C3H8NO5P/c1-3-5-14(6-4-2)12-10(15(17)18)7-9(23(13,21)22)8-11(12)16(19)20;5-3(6)1-4-2-10(7,8)9/h7-8H,3-6H2,1-2H3,(H2,13,21,22);4H,1-2H2,(H,5,6)(H2,7,8,9). The quantitative estimate of drug-likeness (QED) is 0.145. The minimum absolute atomic E-state index is 0.198. The Morgan fingerprint density at radius 2 is 1.55 bits per heavy atom. The Morgan fingerprint density at radius 3 is 1.82 bits per heavy atom. The number of nitrogens with one attached hydrogen (secondary N) is 1. The van der Waals surface area contributed by atoms with E-state index in [9.17, 15) is 38.0 Å². The van der Waals surface area contributed by atoms with E-state index in [0.29, 0.717) is 25.9 Å². The number of nitro benzene ring substituents is 2. The monoisotopic (exact) mass is 515 g/mol. The third-order valence-electron chi connectivity index (χ3n) is 3.66. The predicted octanol–water partition coefficient (Wildman–Crippen LogP) is 0.573. The number of primary sulfonamides is 1. The molecular formula is C15H26N5O11PS. The molecule has 0 radical (unpaired) electrons. The van der Waals surface area contributed by atoms with Gasteiger partial charge in [-0.2, -0.15) is 0 Å². The second-order valence-electron chi connectivity index (χ2n) is 6.50. The molecule has 1 rings (SSSR count). The molecule has 0 aromatic heterocycles. The van der Waals surface area contributed by atoms with Crippen molar-refractivity contribution in [2.45, 2.75) is 31.6 Å². The van der Waals surface area contributed by atoms with Gasteiger partial charge in [0.2, 0.25) is 10.0 Å². The van der Waals surface area contributed by atoms with Crippen LogP contribution in [0.1, 0.15) is 26.7 Å². The molecule has 16 nitrogen and oxygen atoms in total. The molecule has 33 heavy (non-hydrogen) atoms. The number of nitro groups is 2. The molecule has 0 atom stereocenters. The first-order chi connectivity index (χ1) is 15.0. The van der Waals surface area contributed by atoms with Crippen molar-refractivity contribution in [1.29, 1.82) is 0 Å². The summed E-state index contributed by atoms with van der Waals surface area (Å²) in [6.45, 7) is 3.96. The summed E-state index contributed by atoms with van der Waals surface area (Å²) in [5, 5.41) is 37.6. The maximum Gasteiger partial charge on any atom is 0.339 e. The number of carbonyl (C=O) groups is 1. The first kappa shape index (κ1) is 30.3. The number of hydrogen-bond donors (Lipinski definition) is 5. The van der Waals surface area contributed by atoms with Gasteiger partial charge in [-0.05, 0) is 12.8 Å². The smallest absolute Gasteiger partial charge is 0.339 e. The first-order valence-electron chi connectivity index (χ1n) is 9.26. The Bertz CT molecular complexity index is 970. The van der Waals surface area contributed by atoms with Crippen LogP contribution in [0.25, 0.3) is 0 Å². The van der Waals surface area contributed by atoms with Crippen molar-refractivity contribution in [2.75, 3.05) is 30.8 Å². The molecule has 0 saturated carbocycles. The number of carboxylic acid groups (broad SMARTS) is 1. The summed E-state index contributed by atoms with van der Waals surface area (Å²) in [6.07, 6.45) is 0.635. The van der Waals surface area contributed by atoms with Crippen LogP contribution in [0.15, 0.2) is 17.0 Å². The Morgan fingerprint density at radius 1 is 1.12 bits per heavy atom. The maximum atomic E-state index is 11.4. The third-order valence-corrected chi connectivity index (χ3v) is 5.19. The van der Waals surface area contributed by atoms with Gasteiger partial charge in [-0.1, -0.05) is 13.8 Å². The Labute approximate surface area is 188 Å². The highest BCUT2D eigenvalue weighted by atomic mass is 32.2. The normalized spacial score (nSPS) is 11.3. The Balaban J connectivity index is 0.000000861. The minimum Gasteiger partial charge on any atom is -0.480 e. The highest BCUT2D eigenvalue weighted by Crippen LogP contribution is 2.40. The number of anilines is 1. The molecular weight excluding hydrogens is 489 g/mol. The van der Waals surface area contributed by atoms with Crippen LogP contribution in [0.3, 0.4) is 0 Å². The summed E-state index contributed by atoms with van der Waals surface area (Å²) >= 11 is 0. The molecule has 0 spiro atoms. The average molecular weight is 515 g/mol. The molecule has 188 valence electrons. The van der Waals surface area contributed by atoms with Gasteiger partial charge in [0.25, 0.3) is 0 Å². The number of sulfonamides is 1. The molecule has 6 N–H and O–H groups in total. The van der Waals surface area contributed by atoms with Gasteiger partial charge in [0.15, 0.2) is 5.69 Å². The van der Waals surface area contributed by atoms with Crippen molar-refractivity contribution in [2.24, 2.45) is 5.14 Å². The maximum absolute atomic E-state index is 11.4. The highest BCUT2D eigenvalue weighted by Gasteiger charge is 2.32. The molecule has 1 aromatic rings. The summed E-state index contributed by atoms with van der Waals surface area (Å²) in [5.41, 5.74) is -1.49. The first-order valence-corrected chi connectivity index (χ1v) is 12.6. The minimum atomic E-state index is -4.31. The van der Waals surface area contributed by atoms with Gasteiger partial charge in [-0.3, -0.25) is 34.9 Å². The van der Waals surface area contributed by atoms with Crippen molar-refractivity contribution < 1.29 is 42.5 Å². The second kappa shape index (κ2) is 13.1. The van der Waals surface area contributed by atoms with E-state index in [-0.39, 0.29) is 5.69 Å². The fourth-order valence-corrected chi connectivity index (χ4v) is 3.48. The number of rotatable bonds is 12. The topological polar surface area (TPSA) is 257 Å². The van der Waals surface area contributed by atoms with E-state index in [2.05, 4.69) is 5.32 Å². The molecule has 0 fully saturated rings. The molecule has 0 saturated heterocycles. The molecule has 1 aromatic carbocycles. The summed E-state index contributed by atoms with van der Waals surface area (Å²) < 4.78 is 32.9. The van der Waals surface area contributed by atoms with Crippen LogP contribution in [-0.2, 0) is 19.4 Å². The zero-order chi connectivity index (χ0) is 26.0. The number of hydrogen-bond acceptors (Lipinski definition) is 10. The van der Waals surface area contributed by atoms with Crippen LogP contribution in [-0.4, -0.2) is 65.0 Å². The number of benzene rings is 1. The number of aliphatic carboxylic acids is 1. The van der Waals surface area contributed by atoms with Crippen molar-refractivity contribution >= 4 is 40.7 Å². The Hall–Kier alpha value is -2.69. The number of nitrogens with zero attached hydrogens (tertiary/aromatic N) is 3. The molecule has 0 aliphatic rings. The lowest BCUT2D eigenvalue weighted by atomic mass is 10.2. The predicted molar refractivity (Wildman–Crippen MR) is 116 cm³/mol. The summed E-state index contributed by atoms with van der Waals surface area (Å²) in [5.74, 6) is -1.14. The van der Waals surface area contributed by atoms with Crippen LogP contribution in [0.2, 0.25) is 0 Å². The molecule has 18 heteroatoms. The summed E-state index contributed by atoms with van der Waals surface area (Å²) in [6, 6.07) is 1.52. The van der Waals surface area contributed by atoms with Crippen molar-refractivity contribution in [3.63, 3.8) is 0 Å². The zero-order valence-corrected chi connectivity index (χ0v) is 19.5. The van der Waals surface area contributed by atoms with Crippen LogP contribution in [0.5, 0.6) is 0 Å². The van der Waals surface area contributed by atoms with Crippen LogP contribution >= 0.6 is 7.60 Å². The molecule has 0 unspecified atom stereocenters. The van der Waals surface area contributed by atoms with Gasteiger partial charge in [0, 0.05) is 25.2 Å². The molecule has 0 aliphatic carbocycles. The number of carboxylic acids is 1. The molecule has 0 bridgehead atoms. The van der Waals surface area contributed by atoms with Gasteiger partial charge in [0.05, 0.1) is 27.6 Å². The lowest BCUT2D eigenvalue weighted by molar-refractivity contribution is -0.393. The van der Waals surface area contributed by atoms with E-state index in [1.807, 2.05) is 13.8 Å². The van der Waals surface area contributed by atoms with E-state index >= 15 is 0 Å². The van der Waals surface area contributed by atoms with Gasteiger partial charge in [-0.15, -0.1) is 0 Å². The lowest BCUT2D eigenvalue weighted by Crippen LogP contribution is -2.27. The third kappa shape index (κ3) is 11.1. The van der Waals surface area contributed by atoms with Gasteiger partial charge < -0.3 is 19.8 Å². The molecule has 0 heterocycles. The van der Waals surface area contributed by atoms with Crippen LogP contribution < -0.4 is 15.4 Å². The van der Waals surface area contributed by atoms with Crippen molar-refractivity contribution in [3.05, 3.63) is 32.4 Å². The van der Waals surface area contributed by atoms with Crippen LogP contribution in [0.4, 0.5) is 17.1 Å². The second-order valence-corrected chi connectivity index (χ2v) is 9.71.